The number of aryl methyl sites for hydroxylation is 1. The molecular weight excluding hydrogens is 201 g/mol. The lowest BCUT2D eigenvalue weighted by atomic mass is 10.1. The topological polar surface area (TPSA) is 12.0 Å². The average molecular weight is 215 g/mol. The van der Waals surface area contributed by atoms with Crippen LogP contribution >= 0.6 is 0 Å². The molecule has 0 fully saturated rings. The fourth-order valence-corrected chi connectivity index (χ4v) is 1.57. The van der Waals surface area contributed by atoms with E-state index >= 15 is 0 Å². The Kier molecular flexibility index (Phi) is 3.20. The van der Waals surface area contributed by atoms with Gasteiger partial charge in [-0.2, -0.15) is 0 Å². The summed E-state index contributed by atoms with van der Waals surface area (Å²) in [4.78, 5) is 0. The van der Waals surface area contributed by atoms with Crippen molar-refractivity contribution < 1.29 is 4.39 Å². The summed E-state index contributed by atoms with van der Waals surface area (Å²) in [5.41, 5.74) is 3.45. The van der Waals surface area contributed by atoms with Crippen LogP contribution in [0, 0.1) is 12.7 Å². The predicted molar refractivity (Wildman–Crippen MR) is 64.9 cm³/mol. The molecule has 0 heterocycles. The Hall–Kier alpha value is -1.83. The SMILES string of the molecule is Cc1ccccc1CNc1ccc(F)cc1. The smallest absolute Gasteiger partial charge is 0.123 e. The fourth-order valence-electron chi connectivity index (χ4n) is 1.57. The molecule has 2 aromatic rings. The van der Waals surface area contributed by atoms with Crippen molar-refractivity contribution >= 4 is 5.69 Å². The van der Waals surface area contributed by atoms with Crippen LogP contribution in [-0.2, 0) is 6.54 Å². The first-order valence-corrected chi connectivity index (χ1v) is 5.29. The Bertz CT molecular complexity index is 462. The summed E-state index contributed by atoms with van der Waals surface area (Å²) in [6.07, 6.45) is 0. The van der Waals surface area contributed by atoms with Crippen molar-refractivity contribution in [2.75, 3.05) is 5.32 Å². The van der Waals surface area contributed by atoms with Crippen molar-refractivity contribution in [1.29, 1.82) is 0 Å². The minimum absolute atomic E-state index is 0.207. The van der Waals surface area contributed by atoms with Gasteiger partial charge in [-0.25, -0.2) is 4.39 Å². The highest BCUT2D eigenvalue weighted by atomic mass is 19.1. The van der Waals surface area contributed by atoms with Crippen molar-refractivity contribution in [1.82, 2.24) is 0 Å². The molecule has 16 heavy (non-hydrogen) atoms. The molecule has 0 aromatic heterocycles. The molecule has 0 atom stereocenters. The van der Waals surface area contributed by atoms with E-state index in [2.05, 4.69) is 24.4 Å². The lowest BCUT2D eigenvalue weighted by molar-refractivity contribution is 0.628. The maximum atomic E-state index is 12.7. The van der Waals surface area contributed by atoms with Gasteiger partial charge in [0.2, 0.25) is 0 Å². The molecule has 82 valence electrons. The number of hydrogen-bond acceptors (Lipinski definition) is 1. The van der Waals surface area contributed by atoms with Gasteiger partial charge in [-0.05, 0) is 42.3 Å². The molecule has 1 N–H and O–H groups in total. The summed E-state index contributed by atoms with van der Waals surface area (Å²) in [6, 6.07) is 14.6. The number of benzene rings is 2. The first-order valence-electron chi connectivity index (χ1n) is 5.29. The minimum Gasteiger partial charge on any atom is -0.381 e. The molecule has 0 saturated heterocycles. The summed E-state index contributed by atoms with van der Waals surface area (Å²) in [5, 5.41) is 3.26. The molecule has 0 aliphatic carbocycles. The third kappa shape index (κ3) is 2.60. The van der Waals surface area contributed by atoms with Crippen LogP contribution in [0.1, 0.15) is 11.1 Å². The molecule has 0 aliphatic rings. The number of anilines is 1. The molecule has 2 heteroatoms. The number of rotatable bonds is 3. The van der Waals surface area contributed by atoms with E-state index in [1.165, 1.54) is 23.3 Å². The van der Waals surface area contributed by atoms with Crippen molar-refractivity contribution in [2.45, 2.75) is 13.5 Å². The van der Waals surface area contributed by atoms with Gasteiger partial charge >= 0.3 is 0 Å². The van der Waals surface area contributed by atoms with Gasteiger partial charge in [0.05, 0.1) is 0 Å². The van der Waals surface area contributed by atoms with E-state index in [1.54, 1.807) is 12.1 Å². The highest BCUT2D eigenvalue weighted by molar-refractivity contribution is 5.44. The minimum atomic E-state index is -0.207. The molecule has 0 spiro atoms. The van der Waals surface area contributed by atoms with Crippen LogP contribution in [-0.4, -0.2) is 0 Å². The van der Waals surface area contributed by atoms with Crippen molar-refractivity contribution in [3.63, 3.8) is 0 Å². The summed E-state index contributed by atoms with van der Waals surface area (Å²) >= 11 is 0. The zero-order valence-electron chi connectivity index (χ0n) is 9.20. The quantitative estimate of drug-likeness (QED) is 0.822. The zero-order chi connectivity index (χ0) is 11.4. The molecule has 1 nitrogen and oxygen atoms in total. The second kappa shape index (κ2) is 4.79. The first-order chi connectivity index (χ1) is 7.75. The van der Waals surface area contributed by atoms with E-state index in [4.69, 9.17) is 0 Å². The van der Waals surface area contributed by atoms with E-state index in [9.17, 15) is 4.39 Å². The van der Waals surface area contributed by atoms with E-state index in [1.807, 2.05) is 12.1 Å². The van der Waals surface area contributed by atoms with Gasteiger partial charge in [0.25, 0.3) is 0 Å². The molecule has 0 radical (unpaired) electrons. The van der Waals surface area contributed by atoms with Crippen molar-refractivity contribution in [3.05, 3.63) is 65.5 Å². The molecule has 2 aromatic carbocycles. The van der Waals surface area contributed by atoms with Crippen LogP contribution in [0.2, 0.25) is 0 Å². The summed E-state index contributed by atoms with van der Waals surface area (Å²) in [6.45, 7) is 2.85. The Morgan fingerprint density at radius 3 is 2.38 bits per heavy atom. The largest absolute Gasteiger partial charge is 0.381 e. The number of halogens is 1. The Morgan fingerprint density at radius 2 is 1.69 bits per heavy atom. The van der Waals surface area contributed by atoms with Gasteiger partial charge < -0.3 is 5.32 Å². The standard InChI is InChI=1S/C14H14FN/c1-11-4-2-3-5-12(11)10-16-14-8-6-13(15)7-9-14/h2-9,16H,10H2,1H3. The predicted octanol–water partition coefficient (Wildman–Crippen LogP) is 3.75. The molecule has 2 rings (SSSR count). The normalized spacial score (nSPS) is 10.1. The van der Waals surface area contributed by atoms with Crippen LogP contribution in [0.4, 0.5) is 10.1 Å². The number of hydrogen-bond donors (Lipinski definition) is 1. The zero-order valence-corrected chi connectivity index (χ0v) is 9.20. The highest BCUT2D eigenvalue weighted by Crippen LogP contribution is 2.12. The molecule has 0 saturated carbocycles. The van der Waals surface area contributed by atoms with Crippen LogP contribution in [0.15, 0.2) is 48.5 Å². The van der Waals surface area contributed by atoms with E-state index in [0.29, 0.717) is 0 Å². The molecule has 0 unspecified atom stereocenters. The molecule has 0 aliphatic heterocycles. The van der Waals surface area contributed by atoms with Gasteiger partial charge in [0.1, 0.15) is 5.82 Å². The Balaban J connectivity index is 2.02. The third-order valence-electron chi connectivity index (χ3n) is 2.59. The first kappa shape index (κ1) is 10.7. The second-order valence-corrected chi connectivity index (χ2v) is 3.79. The lowest BCUT2D eigenvalue weighted by Gasteiger charge is -2.08. The van der Waals surface area contributed by atoms with Gasteiger partial charge in [0.15, 0.2) is 0 Å². The van der Waals surface area contributed by atoms with Gasteiger partial charge in [-0.15, -0.1) is 0 Å². The van der Waals surface area contributed by atoms with Crippen LogP contribution in [0.5, 0.6) is 0 Å². The van der Waals surface area contributed by atoms with E-state index < -0.39 is 0 Å². The number of nitrogens with one attached hydrogen (secondary N) is 1. The molecule has 0 amide bonds. The monoisotopic (exact) mass is 215 g/mol. The van der Waals surface area contributed by atoms with Crippen LogP contribution in [0.25, 0.3) is 0 Å². The summed E-state index contributed by atoms with van der Waals surface area (Å²) in [7, 11) is 0. The lowest BCUT2D eigenvalue weighted by Crippen LogP contribution is -2.00. The maximum absolute atomic E-state index is 12.7. The van der Waals surface area contributed by atoms with Gasteiger partial charge in [-0.1, -0.05) is 24.3 Å². The van der Waals surface area contributed by atoms with Gasteiger partial charge in [0, 0.05) is 12.2 Å². The van der Waals surface area contributed by atoms with E-state index in [0.717, 1.165) is 12.2 Å². The summed E-state index contributed by atoms with van der Waals surface area (Å²) < 4.78 is 12.7. The Labute approximate surface area is 94.9 Å². The molecular formula is C14H14FN. The summed E-state index contributed by atoms with van der Waals surface area (Å²) in [5.74, 6) is -0.207. The highest BCUT2D eigenvalue weighted by Gasteiger charge is 1.97. The third-order valence-corrected chi connectivity index (χ3v) is 2.59. The van der Waals surface area contributed by atoms with E-state index in [-0.39, 0.29) is 5.82 Å². The van der Waals surface area contributed by atoms with Crippen molar-refractivity contribution in [2.24, 2.45) is 0 Å². The maximum Gasteiger partial charge on any atom is 0.123 e. The van der Waals surface area contributed by atoms with Gasteiger partial charge in [-0.3, -0.25) is 0 Å². The Morgan fingerprint density at radius 1 is 1.00 bits per heavy atom. The van der Waals surface area contributed by atoms with Crippen LogP contribution < -0.4 is 5.32 Å². The average Bonchev–Trinajstić information content (AvgIpc) is 2.30. The van der Waals surface area contributed by atoms with Crippen molar-refractivity contribution in [3.8, 4) is 0 Å². The second-order valence-electron chi connectivity index (χ2n) is 3.79. The van der Waals surface area contributed by atoms with Crippen LogP contribution in [0.3, 0.4) is 0 Å². The fraction of sp³-hybridized carbons (Fsp3) is 0.143. The molecule has 0 bridgehead atoms.